The van der Waals surface area contributed by atoms with E-state index in [0.717, 1.165) is 6.54 Å². The van der Waals surface area contributed by atoms with Crippen LogP contribution in [0.4, 0.5) is 0 Å². The Hall–Kier alpha value is -0.0800. The molecule has 1 unspecified atom stereocenters. The predicted molar refractivity (Wildman–Crippen MR) is 60.1 cm³/mol. The van der Waals surface area contributed by atoms with Crippen LogP contribution in [0.25, 0.3) is 0 Å². The summed E-state index contributed by atoms with van der Waals surface area (Å²) in [4.78, 5) is 2.30. The zero-order valence-electron chi connectivity index (χ0n) is 9.93. The van der Waals surface area contributed by atoms with Crippen molar-refractivity contribution in [3.63, 3.8) is 0 Å². The Morgan fingerprint density at radius 1 is 1.00 bits per heavy atom. The van der Waals surface area contributed by atoms with Gasteiger partial charge in [-0.25, -0.2) is 0 Å². The summed E-state index contributed by atoms with van der Waals surface area (Å²) in [5.41, 5.74) is 0. The first-order valence-corrected chi connectivity index (χ1v) is 5.55. The molecule has 0 aromatic heterocycles. The van der Waals surface area contributed by atoms with Gasteiger partial charge in [0.2, 0.25) is 0 Å². The SMILES string of the molecule is CCC(CC)NCC(CC)N(C)C. The van der Waals surface area contributed by atoms with Crippen molar-refractivity contribution in [2.24, 2.45) is 0 Å². The molecular weight excluding hydrogens is 160 g/mol. The molecule has 0 fully saturated rings. The lowest BCUT2D eigenvalue weighted by Gasteiger charge is -2.25. The summed E-state index contributed by atoms with van der Waals surface area (Å²) in [7, 11) is 4.31. The lowest BCUT2D eigenvalue weighted by Crippen LogP contribution is -2.41. The molecule has 2 heteroatoms. The highest BCUT2D eigenvalue weighted by Crippen LogP contribution is 2.00. The largest absolute Gasteiger partial charge is 0.312 e. The van der Waals surface area contributed by atoms with Gasteiger partial charge in [-0.15, -0.1) is 0 Å². The zero-order valence-corrected chi connectivity index (χ0v) is 9.93. The van der Waals surface area contributed by atoms with E-state index >= 15 is 0 Å². The molecule has 0 aliphatic carbocycles. The predicted octanol–water partition coefficient (Wildman–Crippen LogP) is 2.10. The van der Waals surface area contributed by atoms with E-state index in [2.05, 4.69) is 45.1 Å². The van der Waals surface area contributed by atoms with Gasteiger partial charge < -0.3 is 10.2 Å². The van der Waals surface area contributed by atoms with Crippen LogP contribution in [-0.4, -0.2) is 37.6 Å². The molecule has 0 rings (SSSR count). The molecular formula is C11H26N2. The van der Waals surface area contributed by atoms with Crippen molar-refractivity contribution in [3.8, 4) is 0 Å². The average molecular weight is 186 g/mol. The third-order valence-corrected chi connectivity index (χ3v) is 2.83. The molecule has 0 saturated heterocycles. The minimum absolute atomic E-state index is 0.681. The number of hydrogen-bond donors (Lipinski definition) is 1. The average Bonchev–Trinajstić information content (AvgIpc) is 2.12. The molecule has 0 aromatic rings. The van der Waals surface area contributed by atoms with Crippen LogP contribution in [0.3, 0.4) is 0 Å². The van der Waals surface area contributed by atoms with Crippen molar-refractivity contribution < 1.29 is 0 Å². The van der Waals surface area contributed by atoms with Gasteiger partial charge >= 0.3 is 0 Å². The van der Waals surface area contributed by atoms with E-state index in [-0.39, 0.29) is 0 Å². The van der Waals surface area contributed by atoms with Crippen LogP contribution in [-0.2, 0) is 0 Å². The Kier molecular flexibility index (Phi) is 7.29. The zero-order chi connectivity index (χ0) is 10.3. The van der Waals surface area contributed by atoms with Gasteiger partial charge in [0.05, 0.1) is 0 Å². The van der Waals surface area contributed by atoms with Gasteiger partial charge in [-0.05, 0) is 33.4 Å². The van der Waals surface area contributed by atoms with Crippen LogP contribution in [0.1, 0.15) is 40.0 Å². The highest BCUT2D eigenvalue weighted by Gasteiger charge is 2.10. The fourth-order valence-corrected chi connectivity index (χ4v) is 1.57. The van der Waals surface area contributed by atoms with Gasteiger partial charge in [0, 0.05) is 18.6 Å². The van der Waals surface area contributed by atoms with Crippen molar-refractivity contribution in [2.45, 2.75) is 52.1 Å². The summed E-state index contributed by atoms with van der Waals surface area (Å²) < 4.78 is 0. The summed E-state index contributed by atoms with van der Waals surface area (Å²) in [6.45, 7) is 7.87. The minimum Gasteiger partial charge on any atom is -0.312 e. The van der Waals surface area contributed by atoms with Crippen molar-refractivity contribution in [1.29, 1.82) is 0 Å². The smallest absolute Gasteiger partial charge is 0.0212 e. The molecule has 0 aliphatic rings. The van der Waals surface area contributed by atoms with Crippen molar-refractivity contribution in [3.05, 3.63) is 0 Å². The summed E-state index contributed by atoms with van der Waals surface area (Å²) in [5.74, 6) is 0. The first-order chi connectivity index (χ1) is 6.15. The van der Waals surface area contributed by atoms with Crippen LogP contribution in [0.15, 0.2) is 0 Å². The standard InChI is InChI=1S/C11H26N2/c1-6-10(7-2)12-9-11(8-3)13(4)5/h10-12H,6-9H2,1-5H3. The summed E-state index contributed by atoms with van der Waals surface area (Å²) >= 11 is 0. The fourth-order valence-electron chi connectivity index (χ4n) is 1.57. The number of rotatable bonds is 7. The second-order valence-electron chi connectivity index (χ2n) is 3.95. The molecule has 0 aromatic carbocycles. The Morgan fingerprint density at radius 2 is 1.54 bits per heavy atom. The van der Waals surface area contributed by atoms with Crippen LogP contribution in [0.2, 0.25) is 0 Å². The minimum atomic E-state index is 0.681. The van der Waals surface area contributed by atoms with Gasteiger partial charge in [0.25, 0.3) is 0 Å². The Labute approximate surface area is 83.7 Å². The maximum Gasteiger partial charge on any atom is 0.0212 e. The molecule has 0 saturated carbocycles. The first-order valence-electron chi connectivity index (χ1n) is 5.55. The number of likely N-dealkylation sites (N-methyl/N-ethyl adjacent to an activating group) is 1. The molecule has 0 radical (unpaired) electrons. The van der Waals surface area contributed by atoms with Gasteiger partial charge in [0.1, 0.15) is 0 Å². The Bertz CT molecular complexity index is 109. The molecule has 1 atom stereocenters. The fraction of sp³-hybridized carbons (Fsp3) is 1.00. The van der Waals surface area contributed by atoms with Crippen molar-refractivity contribution >= 4 is 0 Å². The van der Waals surface area contributed by atoms with E-state index in [1.54, 1.807) is 0 Å². The van der Waals surface area contributed by atoms with Crippen LogP contribution in [0, 0.1) is 0 Å². The normalized spacial score (nSPS) is 14.1. The van der Waals surface area contributed by atoms with Crippen molar-refractivity contribution in [1.82, 2.24) is 10.2 Å². The molecule has 0 aliphatic heterocycles. The molecule has 0 bridgehead atoms. The van der Waals surface area contributed by atoms with E-state index in [9.17, 15) is 0 Å². The highest BCUT2D eigenvalue weighted by atomic mass is 15.1. The summed E-state index contributed by atoms with van der Waals surface area (Å²) in [6.07, 6.45) is 3.70. The van der Waals surface area contributed by atoms with E-state index in [1.165, 1.54) is 19.3 Å². The lowest BCUT2D eigenvalue weighted by molar-refractivity contribution is 0.265. The molecule has 0 spiro atoms. The maximum absolute atomic E-state index is 3.61. The summed E-state index contributed by atoms with van der Waals surface area (Å²) in [5, 5.41) is 3.61. The van der Waals surface area contributed by atoms with Crippen molar-refractivity contribution in [2.75, 3.05) is 20.6 Å². The molecule has 0 heterocycles. The highest BCUT2D eigenvalue weighted by molar-refractivity contribution is 4.71. The molecule has 2 nitrogen and oxygen atoms in total. The lowest BCUT2D eigenvalue weighted by atomic mass is 10.1. The van der Waals surface area contributed by atoms with Gasteiger partial charge in [-0.1, -0.05) is 20.8 Å². The second kappa shape index (κ2) is 7.34. The third-order valence-electron chi connectivity index (χ3n) is 2.83. The number of hydrogen-bond acceptors (Lipinski definition) is 2. The molecule has 13 heavy (non-hydrogen) atoms. The van der Waals surface area contributed by atoms with Gasteiger partial charge in [0.15, 0.2) is 0 Å². The van der Waals surface area contributed by atoms with E-state index < -0.39 is 0 Å². The van der Waals surface area contributed by atoms with E-state index in [0.29, 0.717) is 12.1 Å². The maximum atomic E-state index is 3.61. The van der Waals surface area contributed by atoms with E-state index in [1.807, 2.05) is 0 Å². The number of nitrogens with zero attached hydrogens (tertiary/aromatic N) is 1. The van der Waals surface area contributed by atoms with E-state index in [4.69, 9.17) is 0 Å². The Morgan fingerprint density at radius 3 is 1.85 bits per heavy atom. The summed E-state index contributed by atoms with van der Waals surface area (Å²) in [6, 6.07) is 1.38. The van der Waals surface area contributed by atoms with Crippen LogP contribution >= 0.6 is 0 Å². The quantitative estimate of drug-likeness (QED) is 0.655. The molecule has 80 valence electrons. The third kappa shape index (κ3) is 5.27. The van der Waals surface area contributed by atoms with Crippen LogP contribution < -0.4 is 5.32 Å². The van der Waals surface area contributed by atoms with Gasteiger partial charge in [-0.3, -0.25) is 0 Å². The topological polar surface area (TPSA) is 15.3 Å². The first kappa shape index (κ1) is 12.9. The number of nitrogens with one attached hydrogen (secondary N) is 1. The molecule has 0 amide bonds. The van der Waals surface area contributed by atoms with Gasteiger partial charge in [-0.2, -0.15) is 0 Å². The Balaban J connectivity index is 3.69. The second-order valence-corrected chi connectivity index (χ2v) is 3.95. The molecule has 1 N–H and O–H groups in total. The monoisotopic (exact) mass is 186 g/mol. The van der Waals surface area contributed by atoms with Crippen LogP contribution in [0.5, 0.6) is 0 Å².